The topological polar surface area (TPSA) is 46.6 Å². The molecule has 30 heavy (non-hydrogen) atoms. The second-order valence-electron chi connectivity index (χ2n) is 7.35. The van der Waals surface area contributed by atoms with Crippen LogP contribution in [0.3, 0.4) is 0 Å². The highest BCUT2D eigenvalue weighted by Crippen LogP contribution is 2.25. The van der Waals surface area contributed by atoms with Gasteiger partial charge >= 0.3 is 6.09 Å². The molecule has 156 valence electrons. The maximum atomic E-state index is 12.7. The Morgan fingerprint density at radius 3 is 2.20 bits per heavy atom. The van der Waals surface area contributed by atoms with E-state index in [0.717, 1.165) is 21.2 Å². The first-order valence-electron chi connectivity index (χ1n) is 10.1. The van der Waals surface area contributed by atoms with Crippen molar-refractivity contribution in [1.29, 1.82) is 0 Å². The normalized spacial score (nSPS) is 15.7. The number of allylic oxidation sites excluding steroid dienone is 4. The molecular weight excluding hydrogens is 442 g/mol. The van der Waals surface area contributed by atoms with Crippen LogP contribution in [-0.4, -0.2) is 29.9 Å². The predicted molar refractivity (Wildman–Crippen MR) is 123 cm³/mol. The number of halogens is 1. The van der Waals surface area contributed by atoms with Crippen molar-refractivity contribution in [2.24, 2.45) is 5.92 Å². The molecule has 1 saturated heterocycles. The molecule has 0 bridgehead atoms. The van der Waals surface area contributed by atoms with Gasteiger partial charge in [0, 0.05) is 19.0 Å². The number of hydrogen-bond acceptors (Lipinski definition) is 3. The lowest BCUT2D eigenvalue weighted by Crippen LogP contribution is -2.40. The van der Waals surface area contributed by atoms with E-state index in [-0.39, 0.29) is 24.4 Å². The fourth-order valence-electron chi connectivity index (χ4n) is 3.49. The fourth-order valence-corrected chi connectivity index (χ4v) is 3.85. The summed E-state index contributed by atoms with van der Waals surface area (Å²) in [6.45, 7) is 3.31. The molecule has 0 saturated carbocycles. The molecule has 1 amide bonds. The molecule has 1 fully saturated rings. The molecule has 1 aliphatic rings. The van der Waals surface area contributed by atoms with Crippen LogP contribution in [0.2, 0.25) is 0 Å². The van der Waals surface area contributed by atoms with Crippen molar-refractivity contribution in [2.75, 3.05) is 13.1 Å². The SMILES string of the molecule is CC(Br)=C(C=CC(=O)C1CCN(C(=O)OCc2ccccc2)CC1)c1ccccc1. The Hall–Kier alpha value is -2.66. The summed E-state index contributed by atoms with van der Waals surface area (Å²) in [6.07, 6.45) is 4.54. The Labute approximate surface area is 186 Å². The second kappa shape index (κ2) is 10.9. The summed E-state index contributed by atoms with van der Waals surface area (Å²) in [6, 6.07) is 19.6. The van der Waals surface area contributed by atoms with Crippen LogP contribution in [0.5, 0.6) is 0 Å². The first-order valence-corrected chi connectivity index (χ1v) is 10.9. The van der Waals surface area contributed by atoms with E-state index in [1.54, 1.807) is 11.0 Å². The van der Waals surface area contributed by atoms with Crippen molar-refractivity contribution in [1.82, 2.24) is 4.90 Å². The molecule has 2 aromatic rings. The molecular formula is C25H26BrNO3. The summed E-state index contributed by atoms with van der Waals surface area (Å²) in [4.78, 5) is 26.7. The molecule has 0 spiro atoms. The summed E-state index contributed by atoms with van der Waals surface area (Å²) in [7, 11) is 0. The van der Waals surface area contributed by atoms with E-state index in [0.29, 0.717) is 25.9 Å². The third-order valence-corrected chi connectivity index (χ3v) is 5.66. The minimum Gasteiger partial charge on any atom is -0.445 e. The van der Waals surface area contributed by atoms with E-state index < -0.39 is 0 Å². The third kappa shape index (κ3) is 6.17. The quantitative estimate of drug-likeness (QED) is 0.387. The summed E-state index contributed by atoms with van der Waals surface area (Å²) >= 11 is 3.54. The number of rotatable bonds is 6. The zero-order valence-corrected chi connectivity index (χ0v) is 18.7. The Bertz CT molecular complexity index is 910. The molecule has 5 heteroatoms. The van der Waals surface area contributed by atoms with Gasteiger partial charge in [0.05, 0.1) is 0 Å². The van der Waals surface area contributed by atoms with Gasteiger partial charge in [-0.1, -0.05) is 82.7 Å². The first kappa shape index (κ1) is 22.0. The maximum Gasteiger partial charge on any atom is 0.410 e. The average Bonchev–Trinajstić information content (AvgIpc) is 2.79. The minimum absolute atomic E-state index is 0.0629. The number of ketones is 1. The fraction of sp³-hybridized carbons (Fsp3) is 0.280. The zero-order chi connectivity index (χ0) is 21.3. The average molecular weight is 468 g/mol. The van der Waals surface area contributed by atoms with Crippen LogP contribution in [0.1, 0.15) is 30.9 Å². The third-order valence-electron chi connectivity index (χ3n) is 5.23. The van der Waals surface area contributed by atoms with Crippen LogP contribution in [0.15, 0.2) is 77.3 Å². The van der Waals surface area contributed by atoms with Gasteiger partial charge in [0.25, 0.3) is 0 Å². The van der Waals surface area contributed by atoms with Gasteiger partial charge in [-0.3, -0.25) is 4.79 Å². The molecule has 1 aliphatic heterocycles. The van der Waals surface area contributed by atoms with Gasteiger partial charge in [0.15, 0.2) is 5.78 Å². The molecule has 0 aromatic heterocycles. The Morgan fingerprint density at radius 1 is 1.00 bits per heavy atom. The van der Waals surface area contributed by atoms with Gasteiger partial charge in [0.1, 0.15) is 6.61 Å². The van der Waals surface area contributed by atoms with Gasteiger partial charge in [-0.15, -0.1) is 0 Å². The standard InChI is InChI=1S/C25H26BrNO3/c1-19(26)23(21-10-6-3-7-11-21)12-13-24(28)22-14-16-27(17-15-22)25(29)30-18-20-8-4-2-5-9-20/h2-13,22H,14-18H2,1H3. The minimum atomic E-state index is -0.315. The number of carbonyl (C=O) groups excluding carboxylic acids is 2. The number of nitrogens with zero attached hydrogens (tertiary/aromatic N) is 1. The highest BCUT2D eigenvalue weighted by molar-refractivity contribution is 9.11. The Morgan fingerprint density at radius 2 is 1.60 bits per heavy atom. The zero-order valence-electron chi connectivity index (χ0n) is 17.1. The van der Waals surface area contributed by atoms with Crippen LogP contribution in [-0.2, 0) is 16.1 Å². The van der Waals surface area contributed by atoms with E-state index in [4.69, 9.17) is 4.74 Å². The molecule has 3 rings (SSSR count). The van der Waals surface area contributed by atoms with Crippen molar-refractivity contribution < 1.29 is 14.3 Å². The molecule has 0 atom stereocenters. The number of benzene rings is 2. The lowest BCUT2D eigenvalue weighted by atomic mass is 9.92. The maximum absolute atomic E-state index is 12.7. The van der Waals surface area contributed by atoms with Crippen molar-refractivity contribution in [2.45, 2.75) is 26.4 Å². The highest BCUT2D eigenvalue weighted by Gasteiger charge is 2.27. The van der Waals surface area contributed by atoms with Crippen LogP contribution in [0.25, 0.3) is 5.57 Å². The molecule has 4 nitrogen and oxygen atoms in total. The smallest absolute Gasteiger partial charge is 0.410 e. The van der Waals surface area contributed by atoms with Gasteiger partial charge in [-0.2, -0.15) is 0 Å². The molecule has 1 heterocycles. The molecule has 0 unspecified atom stereocenters. The van der Waals surface area contributed by atoms with E-state index in [1.165, 1.54) is 0 Å². The van der Waals surface area contributed by atoms with Crippen molar-refractivity contribution in [3.63, 3.8) is 0 Å². The molecule has 0 aliphatic carbocycles. The molecule has 0 N–H and O–H groups in total. The van der Waals surface area contributed by atoms with Crippen LogP contribution >= 0.6 is 15.9 Å². The summed E-state index contributed by atoms with van der Waals surface area (Å²) in [5.74, 6) is 0.0431. The summed E-state index contributed by atoms with van der Waals surface area (Å²) in [5.41, 5.74) is 3.02. The Kier molecular flexibility index (Phi) is 8.03. The van der Waals surface area contributed by atoms with E-state index >= 15 is 0 Å². The molecule has 0 radical (unpaired) electrons. The predicted octanol–water partition coefficient (Wildman–Crippen LogP) is 5.99. The number of likely N-dealkylation sites (tertiary alicyclic amines) is 1. The van der Waals surface area contributed by atoms with Crippen LogP contribution in [0, 0.1) is 5.92 Å². The lowest BCUT2D eigenvalue weighted by Gasteiger charge is -2.30. The van der Waals surface area contributed by atoms with E-state index in [9.17, 15) is 9.59 Å². The number of ether oxygens (including phenoxy) is 1. The van der Waals surface area contributed by atoms with Gasteiger partial charge in [-0.05, 0) is 47.0 Å². The number of hydrogen-bond donors (Lipinski definition) is 0. The van der Waals surface area contributed by atoms with Crippen LogP contribution in [0.4, 0.5) is 4.79 Å². The lowest BCUT2D eigenvalue weighted by molar-refractivity contribution is -0.119. The number of piperidine rings is 1. The van der Waals surface area contributed by atoms with Crippen molar-refractivity contribution in [3.8, 4) is 0 Å². The van der Waals surface area contributed by atoms with Gasteiger partial charge < -0.3 is 9.64 Å². The second-order valence-corrected chi connectivity index (χ2v) is 8.54. The van der Waals surface area contributed by atoms with Crippen LogP contribution < -0.4 is 0 Å². The van der Waals surface area contributed by atoms with Gasteiger partial charge in [-0.25, -0.2) is 4.79 Å². The largest absolute Gasteiger partial charge is 0.445 e. The summed E-state index contributed by atoms with van der Waals surface area (Å²) < 4.78 is 6.37. The van der Waals surface area contributed by atoms with Crippen molar-refractivity contribution in [3.05, 3.63) is 88.4 Å². The van der Waals surface area contributed by atoms with E-state index in [2.05, 4.69) is 15.9 Å². The highest BCUT2D eigenvalue weighted by atomic mass is 79.9. The van der Waals surface area contributed by atoms with E-state index in [1.807, 2.05) is 73.7 Å². The Balaban J connectivity index is 1.50. The van der Waals surface area contributed by atoms with Crippen molar-refractivity contribution >= 4 is 33.4 Å². The monoisotopic (exact) mass is 467 g/mol. The molecule has 2 aromatic carbocycles. The first-order chi connectivity index (χ1) is 14.5. The summed E-state index contributed by atoms with van der Waals surface area (Å²) in [5, 5.41) is 0. The number of amides is 1. The van der Waals surface area contributed by atoms with Gasteiger partial charge in [0.2, 0.25) is 0 Å². The number of carbonyl (C=O) groups is 2.